The van der Waals surface area contributed by atoms with Gasteiger partial charge in [-0.2, -0.15) is 0 Å². The van der Waals surface area contributed by atoms with Crippen molar-refractivity contribution in [2.75, 3.05) is 6.54 Å². The Bertz CT molecular complexity index is 352. The summed E-state index contributed by atoms with van der Waals surface area (Å²) in [4.78, 5) is 0. The summed E-state index contributed by atoms with van der Waals surface area (Å²) in [6.45, 7) is 3.33. The molecule has 2 nitrogen and oxygen atoms in total. The summed E-state index contributed by atoms with van der Waals surface area (Å²) in [7, 11) is 0. The molecule has 1 fully saturated rings. The highest BCUT2D eigenvalue weighted by Gasteiger charge is 2.20. The van der Waals surface area contributed by atoms with E-state index in [-0.39, 0.29) is 6.10 Å². The first kappa shape index (κ1) is 14.5. The lowest BCUT2D eigenvalue weighted by molar-refractivity contribution is 0.0997. The molecule has 0 aliphatic heterocycles. The van der Waals surface area contributed by atoms with E-state index in [0.29, 0.717) is 12.0 Å². The highest BCUT2D eigenvalue weighted by Crippen LogP contribution is 2.23. The molecule has 0 saturated heterocycles. The van der Waals surface area contributed by atoms with Gasteiger partial charge in [-0.15, -0.1) is 0 Å². The van der Waals surface area contributed by atoms with Crippen molar-refractivity contribution in [2.45, 2.75) is 57.6 Å². The Hall–Kier alpha value is -0.860. The fourth-order valence-corrected chi connectivity index (χ4v) is 2.95. The molecule has 0 heterocycles. The minimum Gasteiger partial charge on any atom is -0.393 e. The summed E-state index contributed by atoms with van der Waals surface area (Å²) in [5.74, 6) is 0.669. The van der Waals surface area contributed by atoms with Crippen LogP contribution in [0.1, 0.15) is 44.6 Å². The van der Waals surface area contributed by atoms with Gasteiger partial charge in [0, 0.05) is 6.04 Å². The van der Waals surface area contributed by atoms with Crippen LogP contribution in [-0.2, 0) is 6.42 Å². The number of nitrogens with one attached hydrogen (secondary N) is 1. The second-order valence-corrected chi connectivity index (χ2v) is 6.02. The maximum absolute atomic E-state index is 9.67. The van der Waals surface area contributed by atoms with Crippen LogP contribution in [0.5, 0.6) is 0 Å². The molecule has 0 aromatic heterocycles. The molecule has 1 aromatic rings. The SMILES string of the molecule is CC(CCc1ccccc1)NCC1CCCC(O)C1. The third-order valence-electron chi connectivity index (χ3n) is 4.22. The molecule has 0 amide bonds. The number of hydrogen-bond acceptors (Lipinski definition) is 2. The minimum atomic E-state index is -0.0554. The van der Waals surface area contributed by atoms with Crippen LogP contribution in [0, 0.1) is 5.92 Å². The lowest BCUT2D eigenvalue weighted by Gasteiger charge is -2.27. The third kappa shape index (κ3) is 5.33. The monoisotopic (exact) mass is 261 g/mol. The van der Waals surface area contributed by atoms with Crippen molar-refractivity contribution in [3.63, 3.8) is 0 Å². The Morgan fingerprint density at radius 3 is 2.79 bits per heavy atom. The molecule has 0 spiro atoms. The summed E-state index contributed by atoms with van der Waals surface area (Å²) >= 11 is 0. The zero-order chi connectivity index (χ0) is 13.5. The van der Waals surface area contributed by atoms with Gasteiger partial charge in [-0.3, -0.25) is 0 Å². The van der Waals surface area contributed by atoms with E-state index in [0.717, 1.165) is 25.8 Å². The van der Waals surface area contributed by atoms with Crippen LogP contribution in [0.3, 0.4) is 0 Å². The van der Waals surface area contributed by atoms with Gasteiger partial charge in [0.05, 0.1) is 6.10 Å². The highest BCUT2D eigenvalue weighted by molar-refractivity contribution is 5.14. The molecule has 3 atom stereocenters. The molecule has 1 saturated carbocycles. The molecular weight excluding hydrogens is 234 g/mol. The maximum Gasteiger partial charge on any atom is 0.0543 e. The van der Waals surface area contributed by atoms with Crippen LogP contribution in [0.15, 0.2) is 30.3 Å². The summed E-state index contributed by atoms with van der Waals surface area (Å²) in [6.07, 6.45) is 6.71. The average molecular weight is 261 g/mol. The van der Waals surface area contributed by atoms with Crippen molar-refractivity contribution in [2.24, 2.45) is 5.92 Å². The molecular formula is C17H27NO. The Kier molecular flexibility index (Phi) is 5.87. The topological polar surface area (TPSA) is 32.3 Å². The van der Waals surface area contributed by atoms with E-state index in [9.17, 15) is 5.11 Å². The largest absolute Gasteiger partial charge is 0.393 e. The summed E-state index contributed by atoms with van der Waals surface area (Å²) < 4.78 is 0. The van der Waals surface area contributed by atoms with E-state index >= 15 is 0 Å². The second kappa shape index (κ2) is 7.66. The van der Waals surface area contributed by atoms with Crippen LogP contribution >= 0.6 is 0 Å². The third-order valence-corrected chi connectivity index (χ3v) is 4.22. The van der Waals surface area contributed by atoms with Gasteiger partial charge in [-0.1, -0.05) is 36.8 Å². The van der Waals surface area contributed by atoms with Crippen molar-refractivity contribution in [1.82, 2.24) is 5.32 Å². The maximum atomic E-state index is 9.67. The van der Waals surface area contributed by atoms with Crippen LogP contribution in [0.2, 0.25) is 0 Å². The van der Waals surface area contributed by atoms with Gasteiger partial charge in [0.15, 0.2) is 0 Å². The Balaban J connectivity index is 1.63. The molecule has 1 aliphatic carbocycles. The van der Waals surface area contributed by atoms with Crippen LogP contribution in [0.25, 0.3) is 0 Å². The van der Waals surface area contributed by atoms with Crippen molar-refractivity contribution in [3.05, 3.63) is 35.9 Å². The van der Waals surface area contributed by atoms with Crippen molar-refractivity contribution in [1.29, 1.82) is 0 Å². The number of aliphatic hydroxyl groups excluding tert-OH is 1. The number of aliphatic hydroxyl groups is 1. The number of hydrogen-bond donors (Lipinski definition) is 2. The quantitative estimate of drug-likeness (QED) is 0.824. The lowest BCUT2D eigenvalue weighted by Crippen LogP contribution is -2.34. The summed E-state index contributed by atoms with van der Waals surface area (Å²) in [6, 6.07) is 11.2. The van der Waals surface area contributed by atoms with Crippen molar-refractivity contribution in [3.8, 4) is 0 Å². The Morgan fingerprint density at radius 1 is 1.26 bits per heavy atom. The average Bonchev–Trinajstić information content (AvgIpc) is 2.44. The first-order chi connectivity index (χ1) is 9.24. The van der Waals surface area contributed by atoms with Gasteiger partial charge in [0.2, 0.25) is 0 Å². The van der Waals surface area contributed by atoms with E-state index in [1.807, 2.05) is 0 Å². The lowest BCUT2D eigenvalue weighted by atomic mass is 9.87. The summed E-state index contributed by atoms with van der Waals surface area (Å²) in [5.41, 5.74) is 1.42. The van der Waals surface area contributed by atoms with Gasteiger partial charge in [0.25, 0.3) is 0 Å². The fourth-order valence-electron chi connectivity index (χ4n) is 2.95. The minimum absolute atomic E-state index is 0.0554. The Morgan fingerprint density at radius 2 is 2.05 bits per heavy atom. The van der Waals surface area contributed by atoms with Gasteiger partial charge < -0.3 is 10.4 Å². The molecule has 2 N–H and O–H groups in total. The zero-order valence-corrected chi connectivity index (χ0v) is 12.0. The van der Waals surface area contributed by atoms with E-state index < -0.39 is 0 Å². The number of rotatable bonds is 6. The highest BCUT2D eigenvalue weighted by atomic mass is 16.3. The first-order valence-corrected chi connectivity index (χ1v) is 7.69. The van der Waals surface area contributed by atoms with Gasteiger partial charge in [-0.05, 0) is 57.1 Å². The molecule has 106 valence electrons. The van der Waals surface area contributed by atoms with Gasteiger partial charge in [0.1, 0.15) is 0 Å². The summed E-state index contributed by atoms with van der Waals surface area (Å²) in [5, 5.41) is 13.3. The standard InChI is InChI=1S/C17H27NO/c1-14(10-11-15-6-3-2-4-7-15)18-13-16-8-5-9-17(19)12-16/h2-4,6-7,14,16-19H,5,8-13H2,1H3. The molecule has 0 bridgehead atoms. The first-order valence-electron chi connectivity index (χ1n) is 7.69. The van der Waals surface area contributed by atoms with Crippen LogP contribution in [-0.4, -0.2) is 23.8 Å². The van der Waals surface area contributed by atoms with Gasteiger partial charge in [-0.25, -0.2) is 0 Å². The predicted molar refractivity (Wildman–Crippen MR) is 80.2 cm³/mol. The predicted octanol–water partition coefficient (Wildman–Crippen LogP) is 3.15. The second-order valence-electron chi connectivity index (χ2n) is 6.02. The number of benzene rings is 1. The molecule has 19 heavy (non-hydrogen) atoms. The van der Waals surface area contributed by atoms with Crippen molar-refractivity contribution >= 4 is 0 Å². The van der Waals surface area contributed by atoms with E-state index in [1.165, 1.54) is 24.8 Å². The van der Waals surface area contributed by atoms with Crippen molar-refractivity contribution < 1.29 is 5.11 Å². The molecule has 0 radical (unpaired) electrons. The molecule has 3 unspecified atom stereocenters. The molecule has 2 rings (SSSR count). The molecule has 1 aliphatic rings. The van der Waals surface area contributed by atoms with Crippen LogP contribution < -0.4 is 5.32 Å². The van der Waals surface area contributed by atoms with E-state index in [2.05, 4.69) is 42.6 Å². The van der Waals surface area contributed by atoms with Gasteiger partial charge >= 0.3 is 0 Å². The van der Waals surface area contributed by atoms with Crippen LogP contribution in [0.4, 0.5) is 0 Å². The smallest absolute Gasteiger partial charge is 0.0543 e. The molecule has 1 aromatic carbocycles. The number of aryl methyl sites for hydroxylation is 1. The zero-order valence-electron chi connectivity index (χ0n) is 12.0. The normalized spacial score (nSPS) is 25.2. The fraction of sp³-hybridized carbons (Fsp3) is 0.647. The van der Waals surface area contributed by atoms with E-state index in [1.54, 1.807) is 0 Å². The Labute approximate surface area is 117 Å². The van der Waals surface area contributed by atoms with E-state index in [4.69, 9.17) is 0 Å². The molecule has 2 heteroatoms.